The molecule has 1 unspecified atom stereocenters. The number of aryl methyl sites for hydroxylation is 2. The van der Waals surface area contributed by atoms with Crippen LogP contribution in [0.25, 0.3) is 0 Å². The van der Waals surface area contributed by atoms with Crippen LogP contribution < -0.4 is 4.39 Å². The van der Waals surface area contributed by atoms with Crippen molar-refractivity contribution in [2.75, 3.05) is 0 Å². The lowest BCUT2D eigenvalue weighted by Crippen LogP contribution is -2.54. The molecule has 4 nitrogen and oxygen atoms in total. The molecule has 0 aliphatic rings. The van der Waals surface area contributed by atoms with Gasteiger partial charge in [0, 0.05) is 4.88 Å². The Hall–Kier alpha value is -0.243. The number of aromatic nitrogens is 1. The molecule has 2 N–H and O–H groups in total. The SMILES string of the molecule is Cc1nc(S(=N)(=O)N[Si](C)(C)C(C)(C)C)sc1C. The van der Waals surface area contributed by atoms with Crippen molar-refractivity contribution in [1.29, 1.82) is 4.78 Å². The van der Waals surface area contributed by atoms with Gasteiger partial charge in [-0.1, -0.05) is 33.9 Å². The second-order valence-electron chi connectivity index (χ2n) is 6.15. The quantitative estimate of drug-likeness (QED) is 0.837. The van der Waals surface area contributed by atoms with E-state index >= 15 is 0 Å². The van der Waals surface area contributed by atoms with Crippen LogP contribution in [0.1, 0.15) is 31.3 Å². The van der Waals surface area contributed by atoms with Crippen molar-refractivity contribution in [2.24, 2.45) is 0 Å². The van der Waals surface area contributed by atoms with E-state index in [1.54, 1.807) is 0 Å². The molecule has 1 aromatic heterocycles. The van der Waals surface area contributed by atoms with E-state index in [9.17, 15) is 4.21 Å². The van der Waals surface area contributed by atoms with Crippen molar-refractivity contribution in [3.63, 3.8) is 0 Å². The summed E-state index contributed by atoms with van der Waals surface area (Å²) >= 11 is 1.36. The minimum absolute atomic E-state index is 0.0397. The first kappa shape index (κ1) is 15.8. The van der Waals surface area contributed by atoms with Crippen LogP contribution >= 0.6 is 11.3 Å². The van der Waals surface area contributed by atoms with Crippen LogP contribution in [0.2, 0.25) is 18.1 Å². The zero-order valence-electron chi connectivity index (χ0n) is 12.2. The van der Waals surface area contributed by atoms with Gasteiger partial charge in [-0.25, -0.2) is 18.4 Å². The van der Waals surface area contributed by atoms with Gasteiger partial charge >= 0.3 is 0 Å². The summed E-state index contributed by atoms with van der Waals surface area (Å²) in [4.78, 5) is 5.29. The summed E-state index contributed by atoms with van der Waals surface area (Å²) in [6.45, 7) is 14.4. The zero-order valence-corrected chi connectivity index (χ0v) is 14.8. The molecule has 0 amide bonds. The third-order valence-corrected chi connectivity index (χ3v) is 12.9. The van der Waals surface area contributed by atoms with Crippen molar-refractivity contribution in [2.45, 2.75) is 57.1 Å². The molecule has 1 rings (SSSR count). The first-order valence-electron chi connectivity index (χ1n) is 5.88. The molecule has 1 heterocycles. The standard InChI is InChI=1S/C11H23N3OS2Si/c1-8-9(2)16-10(13-8)17(12,15)14-18(6,7)11(3,4)5/h1-7H3,(H2,12,14,15). The molecule has 0 aromatic carbocycles. The summed E-state index contributed by atoms with van der Waals surface area (Å²) in [5.41, 5.74) is 0.868. The van der Waals surface area contributed by atoms with Gasteiger partial charge in [-0.05, 0) is 18.9 Å². The molecule has 0 saturated heterocycles. The second kappa shape index (κ2) is 4.70. The zero-order chi connectivity index (χ0) is 14.4. The van der Waals surface area contributed by atoms with Gasteiger partial charge in [-0.3, -0.25) is 0 Å². The van der Waals surface area contributed by atoms with Crippen LogP contribution in [0.3, 0.4) is 0 Å². The monoisotopic (exact) mass is 305 g/mol. The van der Waals surface area contributed by atoms with E-state index in [2.05, 4.69) is 43.2 Å². The molecule has 0 radical (unpaired) electrons. The third kappa shape index (κ3) is 3.20. The molecular weight excluding hydrogens is 282 g/mol. The highest BCUT2D eigenvalue weighted by Gasteiger charge is 2.39. The van der Waals surface area contributed by atoms with E-state index in [4.69, 9.17) is 4.78 Å². The molecular formula is C11H23N3OS2Si. The predicted octanol–water partition coefficient (Wildman–Crippen LogP) is 3.68. The number of hydrogen-bond acceptors (Lipinski definition) is 4. The van der Waals surface area contributed by atoms with Gasteiger partial charge < -0.3 is 0 Å². The maximum absolute atomic E-state index is 12.6. The molecule has 0 saturated carbocycles. The van der Waals surface area contributed by atoms with Crippen molar-refractivity contribution >= 4 is 29.5 Å². The first-order chi connectivity index (χ1) is 7.87. The van der Waals surface area contributed by atoms with E-state index in [0.29, 0.717) is 4.34 Å². The first-order valence-corrected chi connectivity index (χ1v) is 11.3. The van der Waals surface area contributed by atoms with Gasteiger partial charge in [-0.15, -0.1) is 11.3 Å². The fourth-order valence-corrected chi connectivity index (χ4v) is 7.69. The predicted molar refractivity (Wildman–Crippen MR) is 81.0 cm³/mol. The average molecular weight is 306 g/mol. The lowest BCUT2D eigenvalue weighted by atomic mass is 10.2. The molecule has 0 spiro atoms. The minimum atomic E-state index is -2.98. The summed E-state index contributed by atoms with van der Waals surface area (Å²) in [6.07, 6.45) is 0. The highest BCUT2D eigenvalue weighted by atomic mass is 32.2. The number of hydrogen-bond donors (Lipinski definition) is 2. The van der Waals surface area contributed by atoms with Gasteiger partial charge in [0.25, 0.3) is 0 Å². The van der Waals surface area contributed by atoms with Gasteiger partial charge in [0.15, 0.2) is 9.92 Å². The third-order valence-electron chi connectivity index (χ3n) is 3.53. The minimum Gasteiger partial charge on any atom is -0.247 e. The van der Waals surface area contributed by atoms with Gasteiger partial charge in [-0.2, -0.15) is 0 Å². The Kier molecular flexibility index (Phi) is 4.13. The molecule has 104 valence electrons. The molecule has 18 heavy (non-hydrogen) atoms. The Morgan fingerprint density at radius 1 is 1.33 bits per heavy atom. The van der Waals surface area contributed by atoms with E-state index in [-0.39, 0.29) is 5.04 Å². The normalized spacial score (nSPS) is 16.6. The van der Waals surface area contributed by atoms with Crippen molar-refractivity contribution in [1.82, 2.24) is 9.37 Å². The number of nitrogens with one attached hydrogen (secondary N) is 2. The van der Waals surface area contributed by atoms with Gasteiger partial charge in [0.2, 0.25) is 4.34 Å². The molecule has 0 aliphatic carbocycles. The molecule has 0 aliphatic heterocycles. The summed E-state index contributed by atoms with van der Waals surface area (Å²) in [5, 5.41) is 0.0397. The van der Waals surface area contributed by atoms with Gasteiger partial charge in [0.05, 0.1) is 5.69 Å². The van der Waals surface area contributed by atoms with Crippen molar-refractivity contribution in [3.8, 4) is 0 Å². The Morgan fingerprint density at radius 3 is 2.17 bits per heavy atom. The maximum Gasteiger partial charge on any atom is 0.204 e. The lowest BCUT2D eigenvalue weighted by Gasteiger charge is -2.37. The van der Waals surface area contributed by atoms with Gasteiger partial charge in [0.1, 0.15) is 8.24 Å². The Morgan fingerprint density at radius 2 is 1.83 bits per heavy atom. The maximum atomic E-state index is 12.6. The summed E-state index contributed by atoms with van der Waals surface area (Å²) in [5.74, 6) is 0. The number of thiazole rings is 1. The van der Waals surface area contributed by atoms with E-state index in [0.717, 1.165) is 10.6 Å². The second-order valence-corrected chi connectivity index (χ2v) is 14.7. The average Bonchev–Trinajstić information content (AvgIpc) is 2.43. The fraction of sp³-hybridized carbons (Fsp3) is 0.727. The topological polar surface area (TPSA) is 65.8 Å². The Bertz CT molecular complexity index is 522. The highest BCUT2D eigenvalue weighted by molar-refractivity contribution is 7.93. The van der Waals surface area contributed by atoms with Crippen LogP contribution in [-0.2, 0) is 9.92 Å². The van der Waals surface area contributed by atoms with E-state index in [1.165, 1.54) is 11.3 Å². The highest BCUT2D eigenvalue weighted by Crippen LogP contribution is 2.35. The largest absolute Gasteiger partial charge is 0.247 e. The summed E-state index contributed by atoms with van der Waals surface area (Å²) in [6, 6.07) is 0. The summed E-state index contributed by atoms with van der Waals surface area (Å²) < 4.78 is 24.2. The Labute approximate surface area is 115 Å². The Balaban J connectivity index is 3.10. The molecule has 1 aromatic rings. The smallest absolute Gasteiger partial charge is 0.204 e. The van der Waals surface area contributed by atoms with Crippen LogP contribution in [0, 0.1) is 18.6 Å². The molecule has 0 bridgehead atoms. The molecule has 7 heteroatoms. The van der Waals surface area contributed by atoms with Crippen LogP contribution in [0.5, 0.6) is 0 Å². The molecule has 1 atom stereocenters. The number of nitrogens with zero attached hydrogens (tertiary/aromatic N) is 1. The number of rotatable bonds is 3. The van der Waals surface area contributed by atoms with Crippen LogP contribution in [0.4, 0.5) is 0 Å². The van der Waals surface area contributed by atoms with Crippen molar-refractivity contribution < 1.29 is 4.21 Å². The van der Waals surface area contributed by atoms with E-state index in [1.807, 2.05) is 13.8 Å². The van der Waals surface area contributed by atoms with Crippen molar-refractivity contribution in [3.05, 3.63) is 10.6 Å². The fourth-order valence-electron chi connectivity index (χ4n) is 1.12. The van der Waals surface area contributed by atoms with Crippen LogP contribution in [0.15, 0.2) is 4.34 Å². The van der Waals surface area contributed by atoms with Crippen LogP contribution in [-0.4, -0.2) is 17.4 Å². The summed E-state index contributed by atoms with van der Waals surface area (Å²) in [7, 11) is -4.96. The van der Waals surface area contributed by atoms with E-state index < -0.39 is 18.2 Å². The lowest BCUT2D eigenvalue weighted by molar-refractivity contribution is 0.664. The molecule has 0 fully saturated rings.